The normalized spacial score (nSPS) is 12.0. The summed E-state index contributed by atoms with van der Waals surface area (Å²) in [5.74, 6) is 0.407. The highest BCUT2D eigenvalue weighted by Gasteiger charge is 2.21. The van der Waals surface area contributed by atoms with Gasteiger partial charge in [-0.25, -0.2) is 0 Å². The molecule has 0 saturated carbocycles. The number of benzene rings is 4. The SMILES string of the molecule is C=CCc1cccc(Nc2nc(Cl)nc(Nc3ccc(N=Nc4cc(S(=O)(=O)O)c5cccc(S(=O)(=O)O)c5c4)c(C)c3)n2)c1. The van der Waals surface area contributed by atoms with Gasteiger partial charge in [-0.1, -0.05) is 30.3 Å². The first kappa shape index (κ1) is 31.6. The zero-order valence-corrected chi connectivity index (χ0v) is 25.8. The summed E-state index contributed by atoms with van der Waals surface area (Å²) in [5, 5.41) is 14.1. The second kappa shape index (κ2) is 12.7. The summed E-state index contributed by atoms with van der Waals surface area (Å²) in [7, 11) is -9.51. The van der Waals surface area contributed by atoms with Crippen molar-refractivity contribution in [1.29, 1.82) is 0 Å². The highest BCUT2D eigenvalue weighted by atomic mass is 35.5. The molecule has 0 radical (unpaired) electrons. The highest BCUT2D eigenvalue weighted by Crippen LogP contribution is 2.34. The maximum atomic E-state index is 12.1. The van der Waals surface area contributed by atoms with E-state index < -0.39 is 30.0 Å². The minimum absolute atomic E-state index is 0.0313. The van der Waals surface area contributed by atoms with Gasteiger partial charge in [0.2, 0.25) is 17.2 Å². The maximum Gasteiger partial charge on any atom is 0.295 e. The molecule has 230 valence electrons. The van der Waals surface area contributed by atoms with Gasteiger partial charge in [-0.2, -0.15) is 42.0 Å². The fourth-order valence-corrected chi connectivity index (χ4v) is 6.01. The molecule has 0 atom stereocenters. The fourth-order valence-electron chi connectivity index (χ4n) is 4.43. The summed E-state index contributed by atoms with van der Waals surface area (Å²) < 4.78 is 67.4. The van der Waals surface area contributed by atoms with Crippen molar-refractivity contribution in [3.05, 3.63) is 102 Å². The summed E-state index contributed by atoms with van der Waals surface area (Å²) >= 11 is 6.15. The zero-order valence-electron chi connectivity index (χ0n) is 23.4. The van der Waals surface area contributed by atoms with Crippen LogP contribution < -0.4 is 10.6 Å². The third-order valence-corrected chi connectivity index (χ3v) is 8.33. The molecule has 0 aliphatic rings. The molecule has 1 heterocycles. The molecule has 5 rings (SSSR count). The minimum atomic E-state index is -4.79. The lowest BCUT2D eigenvalue weighted by atomic mass is 10.1. The molecule has 0 spiro atoms. The molecule has 0 aliphatic heterocycles. The Hall–Kier alpha value is -4.80. The summed E-state index contributed by atoms with van der Waals surface area (Å²) in [5.41, 5.74) is 3.37. The number of aryl methyl sites for hydroxylation is 1. The van der Waals surface area contributed by atoms with Crippen molar-refractivity contribution in [2.75, 3.05) is 10.6 Å². The van der Waals surface area contributed by atoms with Gasteiger partial charge in [-0.15, -0.1) is 6.58 Å². The van der Waals surface area contributed by atoms with Crippen molar-refractivity contribution in [2.24, 2.45) is 10.2 Å². The Balaban J connectivity index is 1.40. The second-order valence-electron chi connectivity index (χ2n) is 9.64. The number of nitrogens with one attached hydrogen (secondary N) is 2. The van der Waals surface area contributed by atoms with E-state index >= 15 is 0 Å². The number of aromatic nitrogens is 3. The van der Waals surface area contributed by atoms with Gasteiger partial charge in [0.25, 0.3) is 20.2 Å². The number of nitrogens with zero attached hydrogens (tertiary/aromatic N) is 5. The van der Waals surface area contributed by atoms with Crippen molar-refractivity contribution in [2.45, 2.75) is 23.1 Å². The third-order valence-electron chi connectivity index (χ3n) is 6.36. The smallest absolute Gasteiger partial charge is 0.295 e. The van der Waals surface area contributed by atoms with Gasteiger partial charge in [0.05, 0.1) is 11.4 Å². The number of halogens is 1. The monoisotopic (exact) mass is 665 g/mol. The Labute approximate surface area is 263 Å². The van der Waals surface area contributed by atoms with Crippen LogP contribution in [0.15, 0.2) is 105 Å². The van der Waals surface area contributed by atoms with Crippen molar-refractivity contribution >= 4 is 77.3 Å². The number of anilines is 4. The average molecular weight is 666 g/mol. The van der Waals surface area contributed by atoms with E-state index in [1.165, 1.54) is 18.2 Å². The van der Waals surface area contributed by atoms with E-state index in [0.717, 1.165) is 23.4 Å². The van der Waals surface area contributed by atoms with Crippen LogP contribution in [0.5, 0.6) is 0 Å². The van der Waals surface area contributed by atoms with E-state index in [1.54, 1.807) is 31.2 Å². The van der Waals surface area contributed by atoms with Crippen LogP contribution in [0.1, 0.15) is 11.1 Å². The molecular formula is C29H24ClN7O6S2. The Morgan fingerprint density at radius 2 is 1.47 bits per heavy atom. The Morgan fingerprint density at radius 1 is 0.800 bits per heavy atom. The quantitative estimate of drug-likeness (QED) is 0.0673. The van der Waals surface area contributed by atoms with Gasteiger partial charge in [0, 0.05) is 22.1 Å². The molecule has 16 heteroatoms. The Kier molecular flexibility index (Phi) is 8.90. The standard InChI is InChI=1S/C29H24ClN7O6S2/c1-3-6-18-7-4-8-19(14-18)31-28-33-27(30)34-29(35-28)32-20-11-12-24(17(2)13-20)37-36-21-15-23-22(26(16-21)45(41,42)43)9-5-10-25(23)44(38,39)40/h3-5,7-16H,1,6H2,2H3,(H,38,39,40)(H,41,42,43)(H2,31,32,33,34,35). The Morgan fingerprint density at radius 3 is 2.11 bits per heavy atom. The first-order valence-corrected chi connectivity index (χ1v) is 16.3. The van der Waals surface area contributed by atoms with Crippen LogP contribution in [0.2, 0.25) is 5.28 Å². The molecule has 5 aromatic rings. The number of hydrogen-bond donors (Lipinski definition) is 4. The van der Waals surface area contributed by atoms with Crippen LogP contribution in [0.4, 0.5) is 34.6 Å². The molecule has 0 unspecified atom stereocenters. The number of rotatable bonds is 10. The van der Waals surface area contributed by atoms with Gasteiger partial charge >= 0.3 is 0 Å². The van der Waals surface area contributed by atoms with Crippen LogP contribution in [0.3, 0.4) is 0 Å². The first-order valence-electron chi connectivity index (χ1n) is 13.0. The van der Waals surface area contributed by atoms with E-state index in [9.17, 15) is 25.9 Å². The summed E-state index contributed by atoms with van der Waals surface area (Å²) in [6.07, 6.45) is 2.51. The molecule has 45 heavy (non-hydrogen) atoms. The fraction of sp³-hybridized carbons (Fsp3) is 0.0690. The molecule has 0 fully saturated rings. The molecule has 0 saturated heterocycles. The number of fused-ring (bicyclic) bond motifs is 1. The van der Waals surface area contributed by atoms with Gasteiger partial charge in [0.15, 0.2) is 0 Å². The van der Waals surface area contributed by atoms with E-state index in [1.807, 2.05) is 24.3 Å². The van der Waals surface area contributed by atoms with Gasteiger partial charge < -0.3 is 10.6 Å². The topological polar surface area (TPSA) is 196 Å². The van der Waals surface area contributed by atoms with Crippen LogP contribution in [-0.2, 0) is 26.7 Å². The lowest BCUT2D eigenvalue weighted by Gasteiger charge is -2.10. The lowest BCUT2D eigenvalue weighted by Crippen LogP contribution is -2.04. The summed E-state index contributed by atoms with van der Waals surface area (Å²) in [4.78, 5) is 11.5. The van der Waals surface area contributed by atoms with Crippen LogP contribution >= 0.6 is 11.6 Å². The number of azo groups is 1. The second-order valence-corrected chi connectivity index (χ2v) is 12.8. The molecule has 1 aromatic heterocycles. The summed E-state index contributed by atoms with van der Waals surface area (Å²) in [6.45, 7) is 5.51. The third kappa shape index (κ3) is 7.65. The van der Waals surface area contributed by atoms with Crippen LogP contribution in [0, 0.1) is 6.92 Å². The van der Waals surface area contributed by atoms with E-state index in [0.29, 0.717) is 23.4 Å². The minimum Gasteiger partial charge on any atom is -0.324 e. The predicted molar refractivity (Wildman–Crippen MR) is 171 cm³/mol. The number of allylic oxidation sites excluding steroid dienone is 1. The highest BCUT2D eigenvalue weighted by molar-refractivity contribution is 7.86. The molecular weight excluding hydrogens is 642 g/mol. The van der Waals surface area contributed by atoms with Gasteiger partial charge in [0.1, 0.15) is 9.79 Å². The van der Waals surface area contributed by atoms with E-state index in [2.05, 4.69) is 42.4 Å². The summed E-state index contributed by atoms with van der Waals surface area (Å²) in [6, 6.07) is 18.6. The zero-order chi connectivity index (χ0) is 32.4. The van der Waals surface area contributed by atoms with Crippen LogP contribution in [-0.4, -0.2) is 40.9 Å². The molecule has 0 amide bonds. The van der Waals surface area contributed by atoms with Crippen molar-refractivity contribution in [1.82, 2.24) is 15.0 Å². The average Bonchev–Trinajstić information content (AvgIpc) is 2.95. The van der Waals surface area contributed by atoms with Crippen molar-refractivity contribution < 1.29 is 25.9 Å². The van der Waals surface area contributed by atoms with E-state index in [4.69, 9.17) is 11.6 Å². The van der Waals surface area contributed by atoms with Gasteiger partial charge in [-0.05, 0) is 84.6 Å². The number of hydrogen-bond acceptors (Lipinski definition) is 11. The van der Waals surface area contributed by atoms with Crippen molar-refractivity contribution in [3.63, 3.8) is 0 Å². The molecule has 0 aliphatic carbocycles. The predicted octanol–water partition coefficient (Wildman–Crippen LogP) is 7.11. The molecule has 0 bridgehead atoms. The van der Waals surface area contributed by atoms with Gasteiger partial charge in [-0.3, -0.25) is 9.11 Å². The molecule has 13 nitrogen and oxygen atoms in total. The largest absolute Gasteiger partial charge is 0.324 e. The molecule has 4 aromatic carbocycles. The van der Waals surface area contributed by atoms with E-state index in [-0.39, 0.29) is 33.6 Å². The lowest BCUT2D eigenvalue weighted by molar-refractivity contribution is 0.481. The van der Waals surface area contributed by atoms with Crippen molar-refractivity contribution in [3.8, 4) is 0 Å². The first-order chi connectivity index (χ1) is 21.3. The maximum absolute atomic E-state index is 12.1. The Bertz CT molecular complexity index is 2210. The molecule has 4 N–H and O–H groups in total. The van der Waals surface area contributed by atoms with Crippen LogP contribution in [0.25, 0.3) is 10.8 Å².